The van der Waals surface area contributed by atoms with Gasteiger partial charge in [0.1, 0.15) is 0 Å². The first-order chi connectivity index (χ1) is 6.95. The molecule has 0 N–H and O–H groups in total. The van der Waals surface area contributed by atoms with Gasteiger partial charge in [-0.05, 0) is 43.4 Å². The predicted molar refractivity (Wildman–Crippen MR) is 72.5 cm³/mol. The molecule has 0 aromatic heterocycles. The van der Waals surface area contributed by atoms with E-state index in [1.165, 1.54) is 16.7 Å². The monoisotopic (exact) mass is 208 g/mol. The van der Waals surface area contributed by atoms with Crippen molar-refractivity contribution in [3.8, 4) is 0 Å². The largest absolute Gasteiger partial charge is 0.0683 e. The molecule has 1 aromatic rings. The van der Waals surface area contributed by atoms with Gasteiger partial charge in [0.2, 0.25) is 0 Å². The van der Waals surface area contributed by atoms with Crippen LogP contribution >= 0.6 is 0 Å². The van der Waals surface area contributed by atoms with Gasteiger partial charge in [-0.25, -0.2) is 0 Å². The van der Waals surface area contributed by atoms with Crippen LogP contribution < -0.4 is 0 Å². The molecule has 0 aliphatic heterocycles. The summed E-state index contributed by atoms with van der Waals surface area (Å²) in [5, 5.41) is 0. The number of hydrogen-bond acceptors (Lipinski definition) is 0. The van der Waals surface area contributed by atoms with Crippen molar-refractivity contribution in [3.05, 3.63) is 34.9 Å². The summed E-state index contributed by atoms with van der Waals surface area (Å²) in [6, 6.07) is 6.38. The summed E-state index contributed by atoms with van der Waals surface area (Å²) in [7, 11) is 0. The van der Waals surface area contributed by atoms with Gasteiger partial charge in [-0.1, -0.05) is 52.8 Å². The summed E-state index contributed by atoms with van der Waals surface area (Å²) in [5.74, 6) is 0.833. The lowest BCUT2D eigenvalue weighted by Crippen LogP contribution is -1.82. The molecule has 1 rings (SSSR count). The zero-order valence-electron chi connectivity index (χ0n) is 11.8. The molecule has 0 radical (unpaired) electrons. The van der Waals surface area contributed by atoms with Crippen molar-refractivity contribution in [1.29, 1.82) is 0 Å². The minimum absolute atomic E-state index is 0.833. The molecule has 0 amide bonds. The highest BCUT2D eigenvalue weighted by Crippen LogP contribution is 2.09. The lowest BCUT2D eigenvalue weighted by molar-refractivity contribution is 0.737. The normalized spacial score (nSPS) is 8.60. The Balaban J connectivity index is 0. The molecule has 0 fully saturated rings. The third kappa shape index (κ3) is 9.52. The molecule has 0 bridgehead atoms. The van der Waals surface area contributed by atoms with Crippen LogP contribution in [0.2, 0.25) is 0 Å². The van der Waals surface area contributed by atoms with Gasteiger partial charge in [-0.2, -0.15) is 0 Å². The Labute approximate surface area is 96.7 Å². The van der Waals surface area contributed by atoms with Crippen molar-refractivity contribution in [2.45, 2.75) is 55.4 Å². The fraction of sp³-hybridized carbons (Fsp3) is 0.600. The molecule has 0 aliphatic carbocycles. The first-order valence-electron chi connectivity index (χ1n) is 5.98. The van der Waals surface area contributed by atoms with E-state index in [1.807, 2.05) is 13.8 Å². The van der Waals surface area contributed by atoms with Crippen molar-refractivity contribution in [1.82, 2.24) is 0 Å². The topological polar surface area (TPSA) is 0 Å². The molecular weight excluding hydrogens is 180 g/mol. The summed E-state index contributed by atoms with van der Waals surface area (Å²) in [5.41, 5.74) is 4.18. The molecule has 0 unspecified atom stereocenters. The van der Waals surface area contributed by atoms with Crippen molar-refractivity contribution in [2.24, 2.45) is 5.92 Å². The Hall–Kier alpha value is -0.780. The number of rotatable bonds is 0. The van der Waals surface area contributed by atoms with Gasteiger partial charge >= 0.3 is 0 Å². The molecule has 1 aromatic carbocycles. The van der Waals surface area contributed by atoms with Gasteiger partial charge in [0.25, 0.3) is 0 Å². The SMILES string of the molecule is CC.CC(C)C.Cc1cccc(C)c1C. The van der Waals surface area contributed by atoms with Crippen molar-refractivity contribution >= 4 is 0 Å². The lowest BCUT2D eigenvalue weighted by Gasteiger charge is -2.00. The maximum Gasteiger partial charge on any atom is -0.0392 e. The van der Waals surface area contributed by atoms with E-state index in [0.29, 0.717) is 0 Å². The standard InChI is InChI=1S/C9H12.C4H10.C2H6/c1-7-5-4-6-8(2)9(7)3;1-4(2)3;1-2/h4-6H,1-3H3;4H,1-3H3;1-2H3. The molecule has 0 saturated heterocycles. The van der Waals surface area contributed by atoms with Crippen LogP contribution in [0.4, 0.5) is 0 Å². The predicted octanol–water partition coefficient (Wildman–Crippen LogP) is 5.30. The van der Waals surface area contributed by atoms with E-state index in [2.05, 4.69) is 59.7 Å². The van der Waals surface area contributed by atoms with Crippen LogP contribution in [0.3, 0.4) is 0 Å². The van der Waals surface area contributed by atoms with E-state index in [1.54, 1.807) is 0 Å². The molecule has 0 nitrogen and oxygen atoms in total. The molecule has 0 aliphatic rings. The van der Waals surface area contributed by atoms with Gasteiger partial charge in [-0.3, -0.25) is 0 Å². The lowest BCUT2D eigenvalue weighted by atomic mass is 10.1. The van der Waals surface area contributed by atoms with Gasteiger partial charge in [-0.15, -0.1) is 0 Å². The van der Waals surface area contributed by atoms with E-state index in [9.17, 15) is 0 Å². The second-order valence-electron chi connectivity index (χ2n) is 4.25. The zero-order valence-corrected chi connectivity index (χ0v) is 11.8. The maximum atomic E-state index is 2.17. The highest BCUT2D eigenvalue weighted by molar-refractivity contribution is 5.31. The highest BCUT2D eigenvalue weighted by Gasteiger charge is 1.91. The Morgan fingerprint density at radius 3 is 1.27 bits per heavy atom. The summed E-state index contributed by atoms with van der Waals surface area (Å²) >= 11 is 0. The van der Waals surface area contributed by atoms with Crippen molar-refractivity contribution in [3.63, 3.8) is 0 Å². The van der Waals surface area contributed by atoms with Crippen LogP contribution in [-0.2, 0) is 0 Å². The van der Waals surface area contributed by atoms with Gasteiger partial charge < -0.3 is 0 Å². The average molecular weight is 208 g/mol. The fourth-order valence-electron chi connectivity index (χ4n) is 0.898. The Bertz CT molecular complexity index is 223. The molecule has 15 heavy (non-hydrogen) atoms. The molecular formula is C15H28. The van der Waals surface area contributed by atoms with Gasteiger partial charge in [0.15, 0.2) is 0 Å². The van der Waals surface area contributed by atoms with Crippen molar-refractivity contribution < 1.29 is 0 Å². The minimum Gasteiger partial charge on any atom is -0.0683 e. The summed E-state index contributed by atoms with van der Waals surface area (Å²) in [6.07, 6.45) is 0. The number of aryl methyl sites for hydroxylation is 2. The molecule has 0 heterocycles. The minimum atomic E-state index is 0.833. The zero-order chi connectivity index (χ0) is 12.4. The van der Waals surface area contributed by atoms with Crippen LogP contribution in [0, 0.1) is 26.7 Å². The first-order valence-corrected chi connectivity index (χ1v) is 5.98. The van der Waals surface area contributed by atoms with Crippen LogP contribution in [0.25, 0.3) is 0 Å². The van der Waals surface area contributed by atoms with Crippen LogP contribution in [0.1, 0.15) is 51.3 Å². The summed E-state index contributed by atoms with van der Waals surface area (Å²) in [6.45, 7) is 16.9. The average Bonchev–Trinajstić information content (AvgIpc) is 2.16. The number of hydrogen-bond donors (Lipinski definition) is 0. The van der Waals surface area contributed by atoms with E-state index in [-0.39, 0.29) is 0 Å². The van der Waals surface area contributed by atoms with E-state index in [0.717, 1.165) is 5.92 Å². The molecule has 0 heteroatoms. The molecule has 0 atom stereocenters. The maximum absolute atomic E-state index is 2.17. The summed E-state index contributed by atoms with van der Waals surface area (Å²) < 4.78 is 0. The second-order valence-corrected chi connectivity index (χ2v) is 4.25. The quantitative estimate of drug-likeness (QED) is 0.542. The van der Waals surface area contributed by atoms with Crippen LogP contribution in [0.15, 0.2) is 18.2 Å². The van der Waals surface area contributed by atoms with Gasteiger partial charge in [0.05, 0.1) is 0 Å². The summed E-state index contributed by atoms with van der Waals surface area (Å²) in [4.78, 5) is 0. The van der Waals surface area contributed by atoms with Gasteiger partial charge in [0, 0.05) is 0 Å². The third-order valence-electron chi connectivity index (χ3n) is 1.88. The van der Waals surface area contributed by atoms with E-state index in [4.69, 9.17) is 0 Å². The first kappa shape index (κ1) is 16.6. The Morgan fingerprint density at radius 2 is 1.07 bits per heavy atom. The van der Waals surface area contributed by atoms with Crippen LogP contribution in [-0.4, -0.2) is 0 Å². The van der Waals surface area contributed by atoms with Crippen LogP contribution in [0.5, 0.6) is 0 Å². The highest BCUT2D eigenvalue weighted by atomic mass is 14.0. The van der Waals surface area contributed by atoms with E-state index < -0.39 is 0 Å². The Morgan fingerprint density at radius 1 is 0.800 bits per heavy atom. The van der Waals surface area contributed by atoms with Crippen molar-refractivity contribution in [2.75, 3.05) is 0 Å². The third-order valence-corrected chi connectivity index (χ3v) is 1.88. The Kier molecular flexibility index (Phi) is 10.8. The second kappa shape index (κ2) is 9.76. The molecule has 0 spiro atoms. The fourth-order valence-corrected chi connectivity index (χ4v) is 0.898. The number of benzene rings is 1. The molecule has 0 saturated carbocycles. The smallest absolute Gasteiger partial charge is 0.0392 e. The van der Waals surface area contributed by atoms with E-state index >= 15 is 0 Å². The molecule has 88 valence electrons.